The Balaban J connectivity index is 1.19. The Labute approximate surface area is 182 Å². The van der Waals surface area contributed by atoms with E-state index in [4.69, 9.17) is 0 Å². The number of carbonyl (C=O) groups is 1. The quantitative estimate of drug-likeness (QED) is 0.780. The maximum absolute atomic E-state index is 12.9. The van der Waals surface area contributed by atoms with E-state index in [2.05, 4.69) is 5.10 Å². The van der Waals surface area contributed by atoms with Crippen molar-refractivity contribution >= 4 is 17.8 Å². The third-order valence-electron chi connectivity index (χ3n) is 6.94. The van der Waals surface area contributed by atoms with E-state index in [1.54, 1.807) is 0 Å². The molecule has 0 aromatic heterocycles. The number of carbonyl (C=O) groups excluding carboxylic acids is 1. The monoisotopic (exact) mass is 419 g/mol. The van der Waals surface area contributed by atoms with Gasteiger partial charge < -0.3 is 15.1 Å². The van der Waals surface area contributed by atoms with Crippen molar-refractivity contribution in [2.75, 3.05) is 18.1 Å². The number of likely N-dealkylation sites (tertiary alicyclic amines) is 1. The molecule has 2 N–H and O–H groups in total. The summed E-state index contributed by atoms with van der Waals surface area (Å²) in [5.74, 6) is -0.00787. The third kappa shape index (κ3) is 4.10. The molecule has 2 aromatic carbocycles. The van der Waals surface area contributed by atoms with Crippen LogP contribution >= 0.6 is 0 Å². The van der Waals surface area contributed by atoms with Gasteiger partial charge in [0.05, 0.1) is 22.9 Å². The summed E-state index contributed by atoms with van der Waals surface area (Å²) in [4.78, 5) is 14.8. The number of piperidine rings is 1. The summed E-state index contributed by atoms with van der Waals surface area (Å²) >= 11 is 0. The van der Waals surface area contributed by atoms with Crippen molar-refractivity contribution in [1.29, 1.82) is 0 Å². The molecular weight excluding hydrogens is 390 g/mol. The third-order valence-corrected chi connectivity index (χ3v) is 6.94. The van der Waals surface area contributed by atoms with Crippen LogP contribution in [-0.4, -0.2) is 52.0 Å². The van der Waals surface area contributed by atoms with Gasteiger partial charge in [-0.25, -0.2) is 0 Å². The average molecular weight is 420 g/mol. The van der Waals surface area contributed by atoms with Crippen molar-refractivity contribution in [2.45, 2.75) is 55.8 Å². The van der Waals surface area contributed by atoms with Crippen molar-refractivity contribution in [2.24, 2.45) is 5.10 Å². The van der Waals surface area contributed by atoms with Gasteiger partial charge in [-0.05, 0) is 61.9 Å². The Kier molecular flexibility index (Phi) is 5.07. The number of hydrazone groups is 1. The van der Waals surface area contributed by atoms with Crippen molar-refractivity contribution in [3.8, 4) is 0 Å². The largest absolute Gasteiger partial charge is 0.390 e. The van der Waals surface area contributed by atoms with Gasteiger partial charge >= 0.3 is 0 Å². The second-order valence-electron chi connectivity index (χ2n) is 9.20. The highest BCUT2D eigenvalue weighted by Crippen LogP contribution is 2.45. The second kappa shape index (κ2) is 7.77. The summed E-state index contributed by atoms with van der Waals surface area (Å²) in [5.41, 5.74) is 1.09. The number of anilines is 1. The number of rotatable bonds is 5. The fraction of sp³-hybridized carbons (Fsp3) is 0.440. The summed E-state index contributed by atoms with van der Waals surface area (Å²) in [5, 5.41) is 28.0. The molecule has 1 atom stereocenters. The molecule has 1 unspecified atom stereocenters. The molecule has 0 radical (unpaired) electrons. The second-order valence-corrected chi connectivity index (χ2v) is 9.20. The highest BCUT2D eigenvalue weighted by atomic mass is 16.3. The Hall–Kier alpha value is -2.70. The Morgan fingerprint density at radius 2 is 1.65 bits per heavy atom. The summed E-state index contributed by atoms with van der Waals surface area (Å²) in [6.07, 6.45) is 6.08. The van der Waals surface area contributed by atoms with Gasteiger partial charge in [0, 0.05) is 31.3 Å². The normalized spacial score (nSPS) is 23.7. The van der Waals surface area contributed by atoms with Crippen LogP contribution in [0.3, 0.4) is 0 Å². The van der Waals surface area contributed by atoms with E-state index in [0.717, 1.165) is 30.5 Å². The van der Waals surface area contributed by atoms with Crippen molar-refractivity contribution in [3.63, 3.8) is 0 Å². The molecule has 5 rings (SSSR count). The standard InChI is InChI=1S/C25H29N3O3/c29-23(19-6-8-20(9-7-19)25(31)11-12-25)27-16-13-24(30,14-17-27)18-22-10-15-26-28(22)21-4-2-1-3-5-21/h1-9,15,22,30-31H,10-14,16-18H2. The molecule has 6 nitrogen and oxygen atoms in total. The Morgan fingerprint density at radius 1 is 0.968 bits per heavy atom. The van der Waals surface area contributed by atoms with Gasteiger partial charge in [0.25, 0.3) is 5.91 Å². The van der Waals surface area contributed by atoms with Gasteiger partial charge in [-0.1, -0.05) is 30.3 Å². The SMILES string of the molecule is O=C(c1ccc(C2(O)CC2)cc1)N1CCC(O)(CC2CC=NN2c2ccccc2)CC1. The van der Waals surface area contributed by atoms with Crippen LogP contribution in [0.15, 0.2) is 59.7 Å². The molecule has 1 aliphatic carbocycles. The molecule has 1 saturated carbocycles. The fourth-order valence-corrected chi connectivity index (χ4v) is 4.76. The first-order valence-electron chi connectivity index (χ1n) is 11.2. The lowest BCUT2D eigenvalue weighted by molar-refractivity contribution is -0.0269. The van der Waals surface area contributed by atoms with Crippen molar-refractivity contribution in [1.82, 2.24) is 4.90 Å². The molecule has 2 aromatic rings. The zero-order valence-corrected chi connectivity index (χ0v) is 17.7. The summed E-state index contributed by atoms with van der Waals surface area (Å²) < 4.78 is 0. The first-order valence-corrected chi connectivity index (χ1v) is 11.2. The topological polar surface area (TPSA) is 76.4 Å². The molecule has 0 spiro atoms. The van der Waals surface area contributed by atoms with Gasteiger partial charge in [-0.3, -0.25) is 9.80 Å². The van der Waals surface area contributed by atoms with E-state index >= 15 is 0 Å². The van der Waals surface area contributed by atoms with Crippen LogP contribution in [0.1, 0.15) is 54.4 Å². The molecule has 0 bridgehead atoms. The first-order chi connectivity index (χ1) is 15.0. The predicted molar refractivity (Wildman–Crippen MR) is 120 cm³/mol. The van der Waals surface area contributed by atoms with E-state index in [1.807, 2.05) is 70.7 Å². The molecular formula is C25H29N3O3. The lowest BCUT2D eigenvalue weighted by Gasteiger charge is -2.40. The summed E-state index contributed by atoms with van der Waals surface area (Å²) in [7, 11) is 0. The fourth-order valence-electron chi connectivity index (χ4n) is 4.76. The lowest BCUT2D eigenvalue weighted by atomic mass is 9.84. The molecule has 6 heteroatoms. The zero-order chi connectivity index (χ0) is 21.5. The Morgan fingerprint density at radius 3 is 2.29 bits per heavy atom. The number of benzene rings is 2. The number of amides is 1. The number of hydrogen-bond acceptors (Lipinski definition) is 5. The number of hydrogen-bond donors (Lipinski definition) is 2. The van der Waals surface area contributed by atoms with Crippen LogP contribution < -0.4 is 5.01 Å². The molecule has 2 aliphatic heterocycles. The van der Waals surface area contributed by atoms with E-state index in [0.29, 0.717) is 37.9 Å². The minimum absolute atomic E-state index is 0.00787. The van der Waals surface area contributed by atoms with Crippen LogP contribution in [0.2, 0.25) is 0 Å². The predicted octanol–water partition coefficient (Wildman–Crippen LogP) is 3.29. The number of nitrogens with zero attached hydrogens (tertiary/aromatic N) is 3. The van der Waals surface area contributed by atoms with Crippen LogP contribution in [0.25, 0.3) is 0 Å². The van der Waals surface area contributed by atoms with Crippen LogP contribution in [0.4, 0.5) is 5.69 Å². The molecule has 3 aliphatic rings. The molecule has 1 saturated heterocycles. The minimum Gasteiger partial charge on any atom is -0.390 e. The molecule has 162 valence electrons. The molecule has 2 fully saturated rings. The average Bonchev–Trinajstić information content (AvgIpc) is 3.39. The summed E-state index contributed by atoms with van der Waals surface area (Å²) in [6.45, 7) is 1.08. The summed E-state index contributed by atoms with van der Waals surface area (Å²) in [6, 6.07) is 17.5. The van der Waals surface area contributed by atoms with E-state index in [9.17, 15) is 15.0 Å². The van der Waals surface area contributed by atoms with Crippen LogP contribution in [0, 0.1) is 0 Å². The van der Waals surface area contributed by atoms with Crippen LogP contribution in [-0.2, 0) is 5.60 Å². The van der Waals surface area contributed by atoms with E-state index in [1.165, 1.54) is 0 Å². The van der Waals surface area contributed by atoms with E-state index in [-0.39, 0.29) is 11.9 Å². The molecule has 1 amide bonds. The molecule has 31 heavy (non-hydrogen) atoms. The molecule has 2 heterocycles. The smallest absolute Gasteiger partial charge is 0.253 e. The van der Waals surface area contributed by atoms with E-state index < -0.39 is 11.2 Å². The Bertz CT molecular complexity index is 961. The van der Waals surface area contributed by atoms with Gasteiger partial charge in [0.2, 0.25) is 0 Å². The first kappa shape index (κ1) is 20.2. The van der Waals surface area contributed by atoms with Crippen molar-refractivity contribution < 1.29 is 15.0 Å². The minimum atomic E-state index is -0.790. The maximum Gasteiger partial charge on any atom is 0.253 e. The highest BCUT2D eigenvalue weighted by molar-refractivity contribution is 5.94. The van der Waals surface area contributed by atoms with Gasteiger partial charge in [-0.15, -0.1) is 0 Å². The highest BCUT2D eigenvalue weighted by Gasteiger charge is 2.42. The number of aliphatic hydroxyl groups is 2. The van der Waals surface area contributed by atoms with Gasteiger partial charge in [-0.2, -0.15) is 5.10 Å². The van der Waals surface area contributed by atoms with Crippen LogP contribution in [0.5, 0.6) is 0 Å². The van der Waals surface area contributed by atoms with Crippen molar-refractivity contribution in [3.05, 3.63) is 65.7 Å². The van der Waals surface area contributed by atoms with Gasteiger partial charge in [0.1, 0.15) is 0 Å². The zero-order valence-electron chi connectivity index (χ0n) is 17.7. The maximum atomic E-state index is 12.9. The van der Waals surface area contributed by atoms with Gasteiger partial charge in [0.15, 0.2) is 0 Å². The number of para-hydroxylation sites is 1. The lowest BCUT2D eigenvalue weighted by Crippen LogP contribution is -2.49.